The number of carbonyl (C=O) groups excluding carboxylic acids is 2. The number of thioether (sulfide) groups is 1. The van der Waals surface area contributed by atoms with Gasteiger partial charge in [-0.25, -0.2) is 14.6 Å². The van der Waals surface area contributed by atoms with Gasteiger partial charge in [0, 0.05) is 35.5 Å². The highest BCUT2D eigenvalue weighted by atomic mass is 32.2. The van der Waals surface area contributed by atoms with Crippen LogP contribution in [0.25, 0.3) is 0 Å². The summed E-state index contributed by atoms with van der Waals surface area (Å²) in [5, 5.41) is 16.0. The van der Waals surface area contributed by atoms with Crippen LogP contribution in [-0.2, 0) is 32.0 Å². The van der Waals surface area contributed by atoms with Crippen molar-refractivity contribution in [3.63, 3.8) is 0 Å². The van der Waals surface area contributed by atoms with E-state index >= 15 is 0 Å². The third kappa shape index (κ3) is 8.70. The summed E-state index contributed by atoms with van der Waals surface area (Å²) in [5.74, 6) is 0.151. The molecule has 4 aromatic rings. The molecule has 45 heavy (non-hydrogen) atoms. The minimum Gasteiger partial charge on any atom is -0.467 e. The van der Waals surface area contributed by atoms with Crippen molar-refractivity contribution in [3.8, 4) is 0 Å². The average molecular weight is 628 g/mol. The second-order valence-corrected chi connectivity index (χ2v) is 11.8. The molecule has 3 aromatic carbocycles. The first-order valence-corrected chi connectivity index (χ1v) is 15.8. The molecule has 1 aliphatic rings. The molecule has 2 heterocycles. The van der Waals surface area contributed by atoms with Crippen LogP contribution < -0.4 is 10.6 Å². The Morgan fingerprint density at radius 2 is 1.71 bits per heavy atom. The van der Waals surface area contributed by atoms with Gasteiger partial charge in [0.05, 0.1) is 31.0 Å². The predicted octanol–water partition coefficient (Wildman–Crippen LogP) is 6.06. The molecule has 0 bridgehead atoms. The fourth-order valence-electron chi connectivity index (χ4n) is 5.18. The van der Waals surface area contributed by atoms with Crippen molar-refractivity contribution < 1.29 is 28.9 Å². The molecular formula is C35H37N3O6S. The number of carbonyl (C=O) groups is 2. The molecule has 5 atom stereocenters. The van der Waals surface area contributed by atoms with Gasteiger partial charge in [0.2, 0.25) is 0 Å². The lowest BCUT2D eigenvalue weighted by molar-refractivity contribution is -0.268. The van der Waals surface area contributed by atoms with Gasteiger partial charge >= 0.3 is 12.0 Å². The van der Waals surface area contributed by atoms with Gasteiger partial charge in [0.15, 0.2) is 6.29 Å². The standard InChI is InChI=1S/C35H37N3O6S/c1-23-30(22-45-31-13-6-7-18-36-31)43-34(44-32(23)26-16-14-25(21-39)15-17-26)27-11-8-12-28(20-27)37-35(41)38-29(33(40)42-2)19-24-9-4-3-5-10-24/h3-18,20,23,29-30,32,34,39H,19,21-22H2,1-2H3,(H2,37,38,41)/t23-,29-,30+,32+,34+/m0/s1. The Kier molecular flexibility index (Phi) is 11.2. The second kappa shape index (κ2) is 15.7. The summed E-state index contributed by atoms with van der Waals surface area (Å²) in [6.45, 7) is 2.08. The molecule has 1 aromatic heterocycles. The molecule has 2 amide bonds. The Labute approximate surface area is 267 Å². The van der Waals surface area contributed by atoms with Crippen LogP contribution in [0.2, 0.25) is 0 Å². The van der Waals surface area contributed by atoms with Gasteiger partial charge < -0.3 is 30.0 Å². The zero-order valence-electron chi connectivity index (χ0n) is 25.2. The third-order valence-electron chi connectivity index (χ3n) is 7.65. The third-order valence-corrected chi connectivity index (χ3v) is 8.68. The van der Waals surface area contributed by atoms with Crippen molar-refractivity contribution in [2.24, 2.45) is 5.92 Å². The van der Waals surface area contributed by atoms with E-state index < -0.39 is 24.3 Å². The smallest absolute Gasteiger partial charge is 0.328 e. The SMILES string of the molecule is COC(=O)[C@H](Cc1ccccc1)NC(=O)Nc1cccc([C@@H]2O[C@H](CSc3ccccn3)[C@H](C)[C@H](c3ccc(CO)cc3)O2)c1. The maximum Gasteiger partial charge on any atom is 0.328 e. The highest BCUT2D eigenvalue weighted by Crippen LogP contribution is 2.43. The Morgan fingerprint density at radius 1 is 0.933 bits per heavy atom. The number of nitrogens with one attached hydrogen (secondary N) is 2. The number of pyridine rings is 1. The zero-order valence-corrected chi connectivity index (χ0v) is 26.0. The molecule has 3 N–H and O–H groups in total. The number of ether oxygens (including phenoxy) is 3. The average Bonchev–Trinajstić information content (AvgIpc) is 3.08. The number of aromatic nitrogens is 1. The lowest BCUT2D eigenvalue weighted by Crippen LogP contribution is -2.45. The van der Waals surface area contributed by atoms with Crippen molar-refractivity contribution >= 4 is 29.4 Å². The van der Waals surface area contributed by atoms with E-state index in [9.17, 15) is 14.7 Å². The summed E-state index contributed by atoms with van der Waals surface area (Å²) in [5.41, 5.74) is 3.96. The van der Waals surface area contributed by atoms with E-state index in [1.165, 1.54) is 7.11 Å². The molecule has 1 saturated heterocycles. The molecule has 0 spiro atoms. The summed E-state index contributed by atoms with van der Waals surface area (Å²) >= 11 is 1.63. The van der Waals surface area contributed by atoms with E-state index in [0.29, 0.717) is 17.9 Å². The number of rotatable bonds is 11. The quantitative estimate of drug-likeness (QED) is 0.136. The van der Waals surface area contributed by atoms with Gasteiger partial charge in [-0.05, 0) is 41.0 Å². The number of benzene rings is 3. The molecule has 0 unspecified atom stereocenters. The molecule has 234 valence electrons. The van der Waals surface area contributed by atoms with E-state index in [0.717, 1.165) is 27.3 Å². The van der Waals surface area contributed by atoms with Crippen LogP contribution in [-0.4, -0.2) is 47.1 Å². The van der Waals surface area contributed by atoms with Crippen molar-refractivity contribution in [2.45, 2.75) is 49.5 Å². The van der Waals surface area contributed by atoms with E-state index in [2.05, 4.69) is 22.5 Å². The van der Waals surface area contributed by atoms with Crippen LogP contribution in [0.5, 0.6) is 0 Å². The van der Waals surface area contributed by atoms with Gasteiger partial charge in [0.1, 0.15) is 6.04 Å². The molecule has 1 fully saturated rings. The molecule has 0 aliphatic carbocycles. The fraction of sp³-hybridized carbons (Fsp3) is 0.286. The first-order chi connectivity index (χ1) is 21.9. The maximum absolute atomic E-state index is 13.0. The van der Waals surface area contributed by atoms with Crippen LogP contribution in [0.15, 0.2) is 108 Å². The van der Waals surface area contributed by atoms with Gasteiger partial charge in [-0.1, -0.05) is 79.7 Å². The molecule has 9 nitrogen and oxygen atoms in total. The van der Waals surface area contributed by atoms with Gasteiger partial charge in [0.25, 0.3) is 0 Å². The molecule has 0 radical (unpaired) electrons. The van der Waals surface area contributed by atoms with Crippen molar-refractivity contribution in [1.29, 1.82) is 0 Å². The number of nitrogens with zero attached hydrogens (tertiary/aromatic N) is 1. The van der Waals surface area contributed by atoms with E-state index in [4.69, 9.17) is 14.2 Å². The Bertz CT molecular complexity index is 1540. The van der Waals surface area contributed by atoms with E-state index in [1.807, 2.05) is 84.9 Å². The molecule has 0 saturated carbocycles. The first-order valence-electron chi connectivity index (χ1n) is 14.8. The minimum absolute atomic E-state index is 0.0180. The number of urea groups is 1. The summed E-state index contributed by atoms with van der Waals surface area (Å²) in [6, 6.07) is 28.9. The normalized spacial score (nSPS) is 20.2. The molecule has 10 heteroatoms. The Morgan fingerprint density at radius 3 is 2.42 bits per heavy atom. The Balaban J connectivity index is 1.32. The van der Waals surface area contributed by atoms with Crippen LogP contribution in [0.1, 0.15) is 41.6 Å². The molecule has 1 aliphatic heterocycles. The van der Waals surface area contributed by atoms with E-state index in [1.54, 1.807) is 30.1 Å². The van der Waals surface area contributed by atoms with Gasteiger partial charge in [-0.2, -0.15) is 0 Å². The summed E-state index contributed by atoms with van der Waals surface area (Å²) in [6.07, 6.45) is 0.918. The minimum atomic E-state index is -0.859. The second-order valence-electron chi connectivity index (χ2n) is 10.8. The molecule has 5 rings (SSSR count). The largest absolute Gasteiger partial charge is 0.467 e. The zero-order chi connectivity index (χ0) is 31.6. The van der Waals surface area contributed by atoms with Gasteiger partial charge in [-0.15, -0.1) is 11.8 Å². The molecular weight excluding hydrogens is 590 g/mol. The van der Waals surface area contributed by atoms with Crippen molar-refractivity contribution in [3.05, 3.63) is 126 Å². The number of hydrogen-bond donors (Lipinski definition) is 3. The topological polar surface area (TPSA) is 119 Å². The fourth-order valence-corrected chi connectivity index (χ4v) is 6.21. The lowest BCUT2D eigenvalue weighted by Gasteiger charge is -2.41. The Hall–Kier alpha value is -4.22. The first kappa shape index (κ1) is 32.2. The van der Waals surface area contributed by atoms with Crippen LogP contribution in [0.4, 0.5) is 10.5 Å². The maximum atomic E-state index is 13.0. The van der Waals surface area contributed by atoms with Crippen LogP contribution >= 0.6 is 11.8 Å². The van der Waals surface area contributed by atoms with E-state index in [-0.39, 0.29) is 24.7 Å². The van der Waals surface area contributed by atoms with Crippen molar-refractivity contribution in [2.75, 3.05) is 18.2 Å². The van der Waals surface area contributed by atoms with Gasteiger partial charge in [-0.3, -0.25) is 0 Å². The predicted molar refractivity (Wildman–Crippen MR) is 172 cm³/mol. The highest BCUT2D eigenvalue weighted by molar-refractivity contribution is 7.99. The number of esters is 1. The van der Waals surface area contributed by atoms with Crippen LogP contribution in [0.3, 0.4) is 0 Å². The number of aliphatic hydroxyl groups is 1. The highest BCUT2D eigenvalue weighted by Gasteiger charge is 2.38. The lowest BCUT2D eigenvalue weighted by atomic mass is 9.91. The number of anilines is 1. The van der Waals surface area contributed by atoms with Crippen molar-refractivity contribution in [1.82, 2.24) is 10.3 Å². The summed E-state index contributed by atoms with van der Waals surface area (Å²) < 4.78 is 18.0. The number of methoxy groups -OCH3 is 1. The number of hydrogen-bond acceptors (Lipinski definition) is 8. The number of amides is 2. The summed E-state index contributed by atoms with van der Waals surface area (Å²) in [7, 11) is 1.30. The summed E-state index contributed by atoms with van der Waals surface area (Å²) in [4.78, 5) is 29.9. The monoisotopic (exact) mass is 627 g/mol. The van der Waals surface area contributed by atoms with Crippen LogP contribution in [0, 0.1) is 5.92 Å². The number of aliphatic hydroxyl groups excluding tert-OH is 1.